The quantitative estimate of drug-likeness (QED) is 0.491. The SMILES string of the molecule is CC.COC(=O)COc1ccc2c(c1)CCC1C2CCC2(C)C(OCCCO)CCC12. The van der Waals surface area contributed by atoms with Gasteiger partial charge in [-0.15, -0.1) is 0 Å². The highest BCUT2D eigenvalue weighted by Crippen LogP contribution is 2.61. The number of hydrogen-bond donors (Lipinski definition) is 1. The van der Waals surface area contributed by atoms with E-state index in [2.05, 4.69) is 23.8 Å². The first-order valence-corrected chi connectivity index (χ1v) is 12.1. The summed E-state index contributed by atoms with van der Waals surface area (Å²) in [6.45, 7) is 7.29. The van der Waals surface area contributed by atoms with Crippen molar-refractivity contribution in [1.82, 2.24) is 0 Å². The van der Waals surface area contributed by atoms with Crippen LogP contribution in [0.15, 0.2) is 18.2 Å². The van der Waals surface area contributed by atoms with E-state index in [1.54, 1.807) is 0 Å². The number of methoxy groups -OCH3 is 1. The molecule has 5 unspecified atom stereocenters. The monoisotopic (exact) mass is 432 g/mol. The van der Waals surface area contributed by atoms with Crippen molar-refractivity contribution in [3.05, 3.63) is 29.3 Å². The van der Waals surface area contributed by atoms with Crippen molar-refractivity contribution in [2.45, 2.75) is 77.7 Å². The number of aliphatic hydroxyl groups excluding tert-OH is 1. The average molecular weight is 433 g/mol. The van der Waals surface area contributed by atoms with Gasteiger partial charge in [-0.1, -0.05) is 26.8 Å². The Balaban J connectivity index is 0.00000132. The van der Waals surface area contributed by atoms with Gasteiger partial charge < -0.3 is 19.3 Å². The van der Waals surface area contributed by atoms with E-state index in [1.807, 2.05) is 19.9 Å². The van der Waals surface area contributed by atoms with Crippen molar-refractivity contribution in [3.8, 4) is 5.75 Å². The third-order valence-corrected chi connectivity index (χ3v) is 7.82. The lowest BCUT2D eigenvalue weighted by Crippen LogP contribution is -2.44. The number of carbonyl (C=O) groups excluding carboxylic acids is 1. The van der Waals surface area contributed by atoms with Gasteiger partial charge in [0.1, 0.15) is 5.75 Å². The molecule has 1 aromatic rings. The van der Waals surface area contributed by atoms with Crippen LogP contribution in [-0.4, -0.2) is 44.1 Å². The van der Waals surface area contributed by atoms with E-state index in [-0.39, 0.29) is 24.6 Å². The molecule has 0 radical (unpaired) electrons. The molecular weight excluding hydrogens is 392 g/mol. The van der Waals surface area contributed by atoms with Gasteiger partial charge in [-0.2, -0.15) is 0 Å². The second-order valence-electron chi connectivity index (χ2n) is 9.20. The van der Waals surface area contributed by atoms with Crippen LogP contribution in [0, 0.1) is 17.3 Å². The highest BCUT2D eigenvalue weighted by atomic mass is 16.6. The van der Waals surface area contributed by atoms with E-state index in [1.165, 1.54) is 43.9 Å². The molecule has 0 spiro atoms. The molecule has 2 fully saturated rings. The average Bonchev–Trinajstić information content (AvgIpc) is 3.15. The summed E-state index contributed by atoms with van der Waals surface area (Å²) < 4.78 is 16.5. The number of rotatable bonds is 7. The molecule has 1 aromatic carbocycles. The first-order valence-electron chi connectivity index (χ1n) is 12.1. The minimum Gasteiger partial charge on any atom is -0.482 e. The van der Waals surface area contributed by atoms with Crippen molar-refractivity contribution < 1.29 is 24.1 Å². The fraction of sp³-hybridized carbons (Fsp3) is 0.731. The van der Waals surface area contributed by atoms with Gasteiger partial charge in [0.25, 0.3) is 0 Å². The number of hydrogen-bond acceptors (Lipinski definition) is 5. The Bertz CT molecular complexity index is 733. The van der Waals surface area contributed by atoms with Crippen LogP contribution >= 0.6 is 0 Å². The minimum atomic E-state index is -0.355. The van der Waals surface area contributed by atoms with E-state index in [0.29, 0.717) is 18.6 Å². The first kappa shape index (κ1) is 24.1. The van der Waals surface area contributed by atoms with E-state index in [0.717, 1.165) is 36.8 Å². The maximum absolute atomic E-state index is 11.3. The number of aliphatic hydroxyl groups is 1. The summed E-state index contributed by atoms with van der Waals surface area (Å²) in [7, 11) is 1.38. The van der Waals surface area contributed by atoms with E-state index in [4.69, 9.17) is 14.6 Å². The topological polar surface area (TPSA) is 65.0 Å². The Hall–Kier alpha value is -1.59. The first-order chi connectivity index (χ1) is 15.1. The number of esters is 1. The molecule has 0 saturated heterocycles. The van der Waals surface area contributed by atoms with Gasteiger partial charge in [0.15, 0.2) is 6.61 Å². The normalized spacial score (nSPS) is 30.9. The molecule has 3 aliphatic carbocycles. The van der Waals surface area contributed by atoms with Crippen molar-refractivity contribution in [2.24, 2.45) is 17.3 Å². The van der Waals surface area contributed by atoms with Gasteiger partial charge in [0.2, 0.25) is 0 Å². The lowest BCUT2D eigenvalue weighted by molar-refractivity contribution is -0.142. The standard InChI is InChI=1S/C24H34O5.C2H6/c1-24-11-10-19-18-7-5-17(29-15-23(26)27-2)14-16(18)4-6-20(19)21(24)8-9-22(24)28-13-3-12-25;1-2/h5,7,14,19-22,25H,3-4,6,8-13,15H2,1-2H3;1-2H3. The summed E-state index contributed by atoms with van der Waals surface area (Å²) in [4.78, 5) is 11.3. The highest BCUT2D eigenvalue weighted by Gasteiger charge is 2.55. The van der Waals surface area contributed by atoms with Gasteiger partial charge in [-0.3, -0.25) is 0 Å². The third kappa shape index (κ3) is 4.93. The second-order valence-corrected chi connectivity index (χ2v) is 9.20. The molecule has 1 N–H and O–H groups in total. The zero-order valence-electron chi connectivity index (χ0n) is 19.7. The van der Waals surface area contributed by atoms with Gasteiger partial charge in [-0.25, -0.2) is 4.79 Å². The Morgan fingerprint density at radius 1 is 1.19 bits per heavy atom. The van der Waals surface area contributed by atoms with Gasteiger partial charge in [-0.05, 0) is 91.4 Å². The molecule has 174 valence electrons. The summed E-state index contributed by atoms with van der Waals surface area (Å²) >= 11 is 0. The predicted molar refractivity (Wildman–Crippen MR) is 121 cm³/mol. The number of carbonyl (C=O) groups is 1. The lowest BCUT2D eigenvalue weighted by Gasteiger charge is -2.50. The number of ether oxygens (including phenoxy) is 3. The number of benzene rings is 1. The Morgan fingerprint density at radius 2 is 2.00 bits per heavy atom. The largest absolute Gasteiger partial charge is 0.482 e. The van der Waals surface area contributed by atoms with Crippen molar-refractivity contribution in [1.29, 1.82) is 0 Å². The molecule has 5 heteroatoms. The molecule has 0 aliphatic heterocycles. The summed E-state index contributed by atoms with van der Waals surface area (Å²) in [6, 6.07) is 6.36. The van der Waals surface area contributed by atoms with E-state index in [9.17, 15) is 4.79 Å². The molecule has 5 nitrogen and oxygen atoms in total. The maximum Gasteiger partial charge on any atom is 0.343 e. The molecule has 31 heavy (non-hydrogen) atoms. The summed E-state index contributed by atoms with van der Waals surface area (Å²) in [5.41, 5.74) is 3.14. The Morgan fingerprint density at radius 3 is 2.74 bits per heavy atom. The molecule has 0 heterocycles. The Labute approximate surface area is 187 Å². The number of fused-ring (bicyclic) bond motifs is 5. The van der Waals surface area contributed by atoms with Crippen LogP contribution in [0.5, 0.6) is 5.75 Å². The molecule has 5 atom stereocenters. The smallest absolute Gasteiger partial charge is 0.343 e. The van der Waals surface area contributed by atoms with Crippen LogP contribution in [0.1, 0.15) is 76.3 Å². The van der Waals surface area contributed by atoms with Gasteiger partial charge in [0.05, 0.1) is 13.2 Å². The minimum absolute atomic E-state index is 0.0422. The van der Waals surface area contributed by atoms with Crippen molar-refractivity contribution >= 4 is 5.97 Å². The maximum atomic E-state index is 11.3. The van der Waals surface area contributed by atoms with Gasteiger partial charge in [0, 0.05) is 13.2 Å². The van der Waals surface area contributed by atoms with Crippen LogP contribution in [0.2, 0.25) is 0 Å². The fourth-order valence-corrected chi connectivity index (χ4v) is 6.37. The molecule has 3 aliphatic rings. The third-order valence-electron chi connectivity index (χ3n) is 7.82. The molecular formula is C26H40O5. The summed E-state index contributed by atoms with van der Waals surface area (Å²) in [5, 5.41) is 9.07. The van der Waals surface area contributed by atoms with Crippen LogP contribution in [-0.2, 0) is 20.7 Å². The Kier molecular flexibility index (Phi) is 8.40. The van der Waals surface area contributed by atoms with E-state index >= 15 is 0 Å². The van der Waals surface area contributed by atoms with Crippen LogP contribution < -0.4 is 4.74 Å². The molecule has 4 rings (SSSR count). The zero-order chi connectivity index (χ0) is 22.4. The molecule has 0 aromatic heterocycles. The van der Waals surface area contributed by atoms with Crippen molar-refractivity contribution in [3.63, 3.8) is 0 Å². The van der Waals surface area contributed by atoms with Crippen LogP contribution in [0.25, 0.3) is 0 Å². The predicted octanol–water partition coefficient (Wildman–Crippen LogP) is 4.89. The fourth-order valence-electron chi connectivity index (χ4n) is 6.37. The van der Waals surface area contributed by atoms with E-state index < -0.39 is 0 Å². The molecule has 0 bridgehead atoms. The number of aryl methyl sites for hydroxylation is 1. The summed E-state index contributed by atoms with van der Waals surface area (Å²) in [5.74, 6) is 2.48. The lowest BCUT2D eigenvalue weighted by atomic mass is 9.55. The van der Waals surface area contributed by atoms with Crippen LogP contribution in [0.4, 0.5) is 0 Å². The summed E-state index contributed by atoms with van der Waals surface area (Å²) in [6.07, 6.45) is 8.22. The van der Waals surface area contributed by atoms with Crippen LogP contribution in [0.3, 0.4) is 0 Å². The highest BCUT2D eigenvalue weighted by molar-refractivity contribution is 5.70. The zero-order valence-corrected chi connectivity index (χ0v) is 19.7. The van der Waals surface area contributed by atoms with Crippen molar-refractivity contribution in [2.75, 3.05) is 26.9 Å². The molecule has 0 amide bonds. The molecule has 2 saturated carbocycles. The van der Waals surface area contributed by atoms with Gasteiger partial charge >= 0.3 is 5.97 Å². The second kappa shape index (κ2) is 10.8.